The van der Waals surface area contributed by atoms with Gasteiger partial charge in [0.05, 0.1) is 14.5 Å². The average Bonchev–Trinajstić information content (AvgIpc) is 2.87. The van der Waals surface area contributed by atoms with Gasteiger partial charge in [0.2, 0.25) is 0 Å². The molecule has 0 aliphatic carbocycles. The van der Waals surface area contributed by atoms with Crippen molar-refractivity contribution in [3.05, 3.63) is 36.0 Å². The van der Waals surface area contributed by atoms with E-state index in [1.54, 1.807) is 22.7 Å². The SMILES string of the molecule is Cc1csc(C(C)NC(=O)c2csc(I)c2)n1. The number of rotatable bonds is 3. The summed E-state index contributed by atoms with van der Waals surface area (Å²) in [5.41, 5.74) is 1.72. The second kappa shape index (κ2) is 5.45. The Balaban J connectivity index is 2.04. The maximum Gasteiger partial charge on any atom is 0.252 e. The summed E-state index contributed by atoms with van der Waals surface area (Å²) in [6.45, 7) is 3.91. The zero-order valence-corrected chi connectivity index (χ0v) is 13.1. The van der Waals surface area contributed by atoms with Crippen LogP contribution >= 0.6 is 45.3 Å². The average molecular weight is 378 g/mol. The Morgan fingerprint density at radius 2 is 2.24 bits per heavy atom. The Hall–Kier alpha value is -0.470. The van der Waals surface area contributed by atoms with Crippen LogP contribution in [0.25, 0.3) is 0 Å². The van der Waals surface area contributed by atoms with Gasteiger partial charge in [-0.25, -0.2) is 4.98 Å². The molecule has 0 fully saturated rings. The quantitative estimate of drug-likeness (QED) is 0.830. The van der Waals surface area contributed by atoms with Crippen LogP contribution in [-0.2, 0) is 0 Å². The van der Waals surface area contributed by atoms with Crippen LogP contribution in [0.2, 0.25) is 0 Å². The van der Waals surface area contributed by atoms with Crippen molar-refractivity contribution in [2.75, 3.05) is 0 Å². The third-order valence-corrected chi connectivity index (χ3v) is 5.12. The molecule has 0 saturated heterocycles. The number of halogens is 1. The van der Waals surface area contributed by atoms with Gasteiger partial charge in [-0.05, 0) is 42.5 Å². The molecule has 0 aliphatic heterocycles. The van der Waals surface area contributed by atoms with Crippen molar-refractivity contribution in [3.8, 4) is 0 Å². The second-order valence-corrected chi connectivity index (χ2v) is 7.36. The highest BCUT2D eigenvalue weighted by molar-refractivity contribution is 14.1. The van der Waals surface area contributed by atoms with E-state index < -0.39 is 0 Å². The maximum absolute atomic E-state index is 11.9. The van der Waals surface area contributed by atoms with E-state index in [1.807, 2.05) is 30.7 Å². The van der Waals surface area contributed by atoms with Gasteiger partial charge in [-0.15, -0.1) is 22.7 Å². The van der Waals surface area contributed by atoms with Crippen LogP contribution in [0, 0.1) is 9.81 Å². The molecular weight excluding hydrogens is 367 g/mol. The van der Waals surface area contributed by atoms with Gasteiger partial charge in [0.15, 0.2) is 0 Å². The number of carbonyl (C=O) groups excluding carboxylic acids is 1. The largest absolute Gasteiger partial charge is 0.343 e. The summed E-state index contributed by atoms with van der Waals surface area (Å²) in [6.07, 6.45) is 0. The number of nitrogens with one attached hydrogen (secondary N) is 1. The molecule has 0 radical (unpaired) electrons. The number of carbonyl (C=O) groups is 1. The Morgan fingerprint density at radius 1 is 1.47 bits per heavy atom. The number of thiazole rings is 1. The van der Waals surface area contributed by atoms with E-state index in [0.29, 0.717) is 0 Å². The Morgan fingerprint density at radius 3 is 2.76 bits per heavy atom. The van der Waals surface area contributed by atoms with Gasteiger partial charge in [-0.2, -0.15) is 0 Å². The number of hydrogen-bond acceptors (Lipinski definition) is 4. The van der Waals surface area contributed by atoms with E-state index in [2.05, 4.69) is 32.9 Å². The van der Waals surface area contributed by atoms with E-state index in [4.69, 9.17) is 0 Å². The van der Waals surface area contributed by atoms with E-state index in [0.717, 1.165) is 19.1 Å². The smallest absolute Gasteiger partial charge is 0.252 e. The lowest BCUT2D eigenvalue weighted by molar-refractivity contribution is 0.0940. The molecule has 0 aromatic carbocycles. The molecule has 1 unspecified atom stereocenters. The molecule has 3 nitrogen and oxygen atoms in total. The van der Waals surface area contributed by atoms with Gasteiger partial charge in [-0.1, -0.05) is 0 Å². The van der Waals surface area contributed by atoms with E-state index in [-0.39, 0.29) is 11.9 Å². The van der Waals surface area contributed by atoms with E-state index >= 15 is 0 Å². The molecule has 2 aromatic heterocycles. The van der Waals surface area contributed by atoms with Crippen LogP contribution in [0.1, 0.15) is 34.0 Å². The van der Waals surface area contributed by atoms with Crippen LogP contribution in [0.4, 0.5) is 0 Å². The molecular formula is C11H11IN2OS2. The fraction of sp³-hybridized carbons (Fsp3) is 0.273. The lowest BCUT2D eigenvalue weighted by Gasteiger charge is -2.10. The minimum Gasteiger partial charge on any atom is -0.343 e. The molecule has 1 N–H and O–H groups in total. The molecule has 0 aliphatic rings. The van der Waals surface area contributed by atoms with Crippen molar-refractivity contribution in [3.63, 3.8) is 0 Å². The molecule has 1 atom stereocenters. The summed E-state index contributed by atoms with van der Waals surface area (Å²) in [7, 11) is 0. The predicted octanol–water partition coefficient (Wildman–Crippen LogP) is 3.61. The first-order valence-electron chi connectivity index (χ1n) is 5.03. The fourth-order valence-electron chi connectivity index (χ4n) is 1.34. The number of amides is 1. The minimum absolute atomic E-state index is 0.0375. The van der Waals surface area contributed by atoms with Crippen LogP contribution in [0.3, 0.4) is 0 Å². The molecule has 0 bridgehead atoms. The van der Waals surface area contributed by atoms with Crippen molar-refractivity contribution < 1.29 is 4.79 Å². The summed E-state index contributed by atoms with van der Waals surface area (Å²) in [4.78, 5) is 16.3. The van der Waals surface area contributed by atoms with E-state index in [1.165, 1.54) is 0 Å². The summed E-state index contributed by atoms with van der Waals surface area (Å²) in [5.74, 6) is -0.0375. The van der Waals surface area contributed by atoms with Crippen molar-refractivity contribution >= 4 is 51.2 Å². The first-order chi connectivity index (χ1) is 8.06. The first kappa shape index (κ1) is 13.0. The Labute approximate surface area is 121 Å². The lowest BCUT2D eigenvalue weighted by atomic mass is 10.3. The lowest BCUT2D eigenvalue weighted by Crippen LogP contribution is -2.26. The molecule has 0 spiro atoms. The Bertz CT molecular complexity index is 535. The molecule has 17 heavy (non-hydrogen) atoms. The molecule has 0 saturated carbocycles. The third kappa shape index (κ3) is 3.26. The van der Waals surface area contributed by atoms with Crippen molar-refractivity contribution in [1.29, 1.82) is 0 Å². The van der Waals surface area contributed by atoms with Gasteiger partial charge in [-0.3, -0.25) is 4.79 Å². The predicted molar refractivity (Wildman–Crippen MR) is 79.8 cm³/mol. The van der Waals surface area contributed by atoms with Gasteiger partial charge in [0, 0.05) is 16.5 Å². The molecule has 6 heteroatoms. The molecule has 2 aromatic rings. The zero-order valence-electron chi connectivity index (χ0n) is 9.36. The van der Waals surface area contributed by atoms with Gasteiger partial charge < -0.3 is 5.32 Å². The minimum atomic E-state index is -0.0428. The highest BCUT2D eigenvalue weighted by atomic mass is 127. The van der Waals surface area contributed by atoms with Crippen LogP contribution < -0.4 is 5.32 Å². The number of thiophene rings is 1. The van der Waals surface area contributed by atoms with E-state index in [9.17, 15) is 4.79 Å². The molecule has 90 valence electrons. The summed E-state index contributed by atoms with van der Waals surface area (Å²) < 4.78 is 1.12. The maximum atomic E-state index is 11.9. The molecule has 2 rings (SSSR count). The fourth-order valence-corrected chi connectivity index (χ4v) is 3.47. The van der Waals surface area contributed by atoms with Crippen molar-refractivity contribution in [2.45, 2.75) is 19.9 Å². The number of nitrogens with zero attached hydrogens (tertiary/aromatic N) is 1. The molecule has 1 amide bonds. The van der Waals surface area contributed by atoms with Crippen LogP contribution in [0.15, 0.2) is 16.8 Å². The van der Waals surface area contributed by atoms with Crippen LogP contribution in [0.5, 0.6) is 0 Å². The third-order valence-electron chi connectivity index (χ3n) is 2.18. The topological polar surface area (TPSA) is 42.0 Å². The van der Waals surface area contributed by atoms with Gasteiger partial charge in [0.1, 0.15) is 5.01 Å². The zero-order chi connectivity index (χ0) is 12.4. The standard InChI is InChI=1S/C11H11IN2OS2/c1-6-4-17-11(13-6)7(2)14-10(15)8-3-9(12)16-5-8/h3-5,7H,1-2H3,(H,14,15). The second-order valence-electron chi connectivity index (χ2n) is 3.66. The van der Waals surface area contributed by atoms with Gasteiger partial charge in [0.25, 0.3) is 5.91 Å². The summed E-state index contributed by atoms with van der Waals surface area (Å²) in [5, 5.41) is 7.76. The summed E-state index contributed by atoms with van der Waals surface area (Å²) >= 11 is 5.36. The normalized spacial score (nSPS) is 12.4. The van der Waals surface area contributed by atoms with Crippen LogP contribution in [-0.4, -0.2) is 10.9 Å². The first-order valence-corrected chi connectivity index (χ1v) is 7.87. The monoisotopic (exact) mass is 378 g/mol. The summed E-state index contributed by atoms with van der Waals surface area (Å²) in [6, 6.07) is 1.85. The molecule has 2 heterocycles. The highest BCUT2D eigenvalue weighted by Crippen LogP contribution is 2.20. The highest BCUT2D eigenvalue weighted by Gasteiger charge is 2.14. The number of aromatic nitrogens is 1. The van der Waals surface area contributed by atoms with Crippen molar-refractivity contribution in [2.24, 2.45) is 0 Å². The number of hydrogen-bond donors (Lipinski definition) is 1. The Kier molecular flexibility index (Phi) is 4.16. The number of aryl methyl sites for hydroxylation is 1. The van der Waals surface area contributed by atoms with Gasteiger partial charge >= 0.3 is 0 Å². The van der Waals surface area contributed by atoms with Crippen molar-refractivity contribution in [1.82, 2.24) is 10.3 Å².